The van der Waals surface area contributed by atoms with Crippen LogP contribution in [-0.2, 0) is 4.79 Å². The fraction of sp³-hybridized carbons (Fsp3) is 0.348. The molecule has 2 aromatic carbocycles. The molecule has 1 heterocycles. The molecule has 142 valence electrons. The number of anilines is 1. The van der Waals surface area contributed by atoms with Crippen LogP contribution in [0.25, 0.3) is 6.08 Å². The van der Waals surface area contributed by atoms with E-state index in [0.29, 0.717) is 19.0 Å². The predicted molar refractivity (Wildman–Crippen MR) is 111 cm³/mol. The fourth-order valence-corrected chi connectivity index (χ4v) is 3.32. The van der Waals surface area contributed by atoms with Crippen molar-refractivity contribution in [2.45, 2.75) is 19.8 Å². The van der Waals surface area contributed by atoms with Crippen molar-refractivity contribution < 1.29 is 9.53 Å². The molecule has 1 amide bonds. The Morgan fingerprint density at radius 1 is 1.00 bits per heavy atom. The molecule has 1 saturated heterocycles. The molecule has 0 aliphatic carbocycles. The van der Waals surface area contributed by atoms with E-state index >= 15 is 0 Å². The molecular formula is C23H28N2O2. The zero-order valence-electron chi connectivity index (χ0n) is 16.4. The molecule has 0 radical (unpaired) electrons. The molecule has 0 N–H and O–H groups in total. The van der Waals surface area contributed by atoms with Gasteiger partial charge in [0.2, 0.25) is 5.91 Å². The fourth-order valence-electron chi connectivity index (χ4n) is 3.32. The van der Waals surface area contributed by atoms with Gasteiger partial charge in [-0.2, -0.15) is 0 Å². The van der Waals surface area contributed by atoms with Crippen molar-refractivity contribution in [3.63, 3.8) is 0 Å². The summed E-state index contributed by atoms with van der Waals surface area (Å²) in [6.45, 7) is 7.41. The van der Waals surface area contributed by atoms with Gasteiger partial charge in [-0.25, -0.2) is 0 Å². The molecule has 1 aliphatic rings. The topological polar surface area (TPSA) is 32.8 Å². The molecule has 2 aromatic rings. The summed E-state index contributed by atoms with van der Waals surface area (Å²) in [6, 6.07) is 16.4. The summed E-state index contributed by atoms with van der Waals surface area (Å²) in [5, 5.41) is 0. The number of hydrogen-bond acceptors (Lipinski definition) is 3. The van der Waals surface area contributed by atoms with E-state index in [2.05, 4.69) is 49.1 Å². The van der Waals surface area contributed by atoms with E-state index in [4.69, 9.17) is 4.74 Å². The maximum Gasteiger partial charge on any atom is 0.246 e. The predicted octanol–water partition coefficient (Wildman–Crippen LogP) is 4.18. The van der Waals surface area contributed by atoms with Crippen molar-refractivity contribution in [2.75, 3.05) is 38.2 Å². The summed E-state index contributed by atoms with van der Waals surface area (Å²) in [5.41, 5.74) is 3.46. The van der Waals surface area contributed by atoms with E-state index in [1.165, 1.54) is 5.56 Å². The summed E-state index contributed by atoms with van der Waals surface area (Å²) in [5.74, 6) is 1.47. The lowest BCUT2D eigenvalue weighted by Crippen LogP contribution is -2.48. The maximum absolute atomic E-state index is 12.5. The Morgan fingerprint density at radius 2 is 1.67 bits per heavy atom. The number of amides is 1. The Balaban J connectivity index is 1.56. The van der Waals surface area contributed by atoms with Crippen LogP contribution >= 0.6 is 0 Å². The van der Waals surface area contributed by atoms with E-state index in [-0.39, 0.29) is 5.91 Å². The number of carbonyl (C=O) groups excluding carboxylic acids is 1. The summed E-state index contributed by atoms with van der Waals surface area (Å²) in [7, 11) is 1.69. The second-order valence-corrected chi connectivity index (χ2v) is 7.14. The lowest BCUT2D eigenvalue weighted by molar-refractivity contribution is -0.126. The maximum atomic E-state index is 12.5. The number of rotatable bonds is 5. The van der Waals surface area contributed by atoms with Gasteiger partial charge in [0.05, 0.1) is 12.8 Å². The summed E-state index contributed by atoms with van der Waals surface area (Å²) < 4.78 is 5.45. The molecule has 0 saturated carbocycles. The molecule has 1 fully saturated rings. The van der Waals surface area contributed by atoms with Crippen molar-refractivity contribution >= 4 is 17.7 Å². The Hall–Kier alpha value is -2.75. The van der Waals surface area contributed by atoms with E-state index in [1.807, 2.05) is 29.2 Å². The van der Waals surface area contributed by atoms with Gasteiger partial charge in [-0.1, -0.05) is 50.2 Å². The third-order valence-corrected chi connectivity index (χ3v) is 5.04. The van der Waals surface area contributed by atoms with Crippen LogP contribution in [0.15, 0.2) is 54.6 Å². The first-order valence-corrected chi connectivity index (χ1v) is 9.53. The van der Waals surface area contributed by atoms with E-state index < -0.39 is 0 Å². The molecule has 0 aromatic heterocycles. The number of piperazine rings is 1. The first-order valence-electron chi connectivity index (χ1n) is 9.53. The number of nitrogens with zero attached hydrogens (tertiary/aromatic N) is 2. The minimum absolute atomic E-state index is 0.0719. The van der Waals surface area contributed by atoms with Gasteiger partial charge in [-0.15, -0.1) is 0 Å². The third kappa shape index (κ3) is 4.70. The molecule has 4 heteroatoms. The zero-order chi connectivity index (χ0) is 19.2. The largest absolute Gasteiger partial charge is 0.495 e. The normalized spacial score (nSPS) is 14.8. The highest BCUT2D eigenvalue weighted by atomic mass is 16.5. The van der Waals surface area contributed by atoms with Crippen LogP contribution < -0.4 is 9.64 Å². The lowest BCUT2D eigenvalue weighted by atomic mass is 10.0. The van der Waals surface area contributed by atoms with Gasteiger partial charge in [0.25, 0.3) is 0 Å². The molecule has 3 rings (SSSR count). The van der Waals surface area contributed by atoms with Gasteiger partial charge >= 0.3 is 0 Å². The van der Waals surface area contributed by atoms with Gasteiger partial charge in [-0.05, 0) is 35.3 Å². The molecular weight excluding hydrogens is 336 g/mol. The number of methoxy groups -OCH3 is 1. The molecule has 27 heavy (non-hydrogen) atoms. The second-order valence-electron chi connectivity index (χ2n) is 7.14. The van der Waals surface area contributed by atoms with Gasteiger partial charge < -0.3 is 14.5 Å². The molecule has 4 nitrogen and oxygen atoms in total. The van der Waals surface area contributed by atoms with Crippen molar-refractivity contribution in [2.24, 2.45) is 0 Å². The highest BCUT2D eigenvalue weighted by Crippen LogP contribution is 2.28. The van der Waals surface area contributed by atoms with Crippen LogP contribution in [0.4, 0.5) is 5.69 Å². The lowest BCUT2D eigenvalue weighted by Gasteiger charge is -2.36. The molecule has 0 unspecified atom stereocenters. The minimum atomic E-state index is 0.0719. The van der Waals surface area contributed by atoms with Crippen molar-refractivity contribution in [3.8, 4) is 5.75 Å². The van der Waals surface area contributed by atoms with Gasteiger partial charge in [0, 0.05) is 32.3 Å². The molecule has 0 spiro atoms. The number of para-hydroxylation sites is 2. The summed E-state index contributed by atoms with van der Waals surface area (Å²) in [6.07, 6.45) is 3.59. The van der Waals surface area contributed by atoms with E-state index in [9.17, 15) is 4.79 Å². The monoisotopic (exact) mass is 364 g/mol. The quantitative estimate of drug-likeness (QED) is 0.746. The first-order chi connectivity index (χ1) is 13.1. The van der Waals surface area contributed by atoms with Crippen molar-refractivity contribution in [1.82, 2.24) is 4.90 Å². The van der Waals surface area contributed by atoms with Gasteiger partial charge in [0.1, 0.15) is 5.75 Å². The third-order valence-electron chi connectivity index (χ3n) is 5.04. The number of ether oxygens (including phenoxy) is 1. The van der Waals surface area contributed by atoms with Crippen LogP contribution in [0.3, 0.4) is 0 Å². The highest BCUT2D eigenvalue weighted by Gasteiger charge is 2.21. The van der Waals surface area contributed by atoms with Crippen LogP contribution in [0.2, 0.25) is 0 Å². The SMILES string of the molecule is COc1ccccc1N1CCN(C(=O)/C=C/c2ccc(C(C)C)cc2)CC1. The Bertz CT molecular complexity index is 788. The number of carbonyl (C=O) groups is 1. The Morgan fingerprint density at radius 3 is 2.30 bits per heavy atom. The highest BCUT2D eigenvalue weighted by molar-refractivity contribution is 5.92. The van der Waals surface area contributed by atoms with Gasteiger partial charge in [-0.3, -0.25) is 4.79 Å². The van der Waals surface area contributed by atoms with Crippen LogP contribution in [0, 0.1) is 0 Å². The number of hydrogen-bond donors (Lipinski definition) is 0. The standard InChI is InChI=1S/C23H28N2O2/c1-18(2)20-11-8-19(9-12-20)10-13-23(26)25-16-14-24(15-17-25)21-6-4-5-7-22(21)27-3/h4-13,18H,14-17H2,1-3H3/b13-10+. The average Bonchev–Trinajstić information content (AvgIpc) is 2.72. The minimum Gasteiger partial charge on any atom is -0.495 e. The molecule has 0 atom stereocenters. The Labute approximate surface area is 162 Å². The Kier molecular flexibility index (Phi) is 6.17. The van der Waals surface area contributed by atoms with Crippen LogP contribution in [0.5, 0.6) is 5.75 Å². The first kappa shape index (κ1) is 19.0. The van der Waals surface area contributed by atoms with Gasteiger partial charge in [0.15, 0.2) is 0 Å². The van der Waals surface area contributed by atoms with Crippen LogP contribution in [0.1, 0.15) is 30.9 Å². The van der Waals surface area contributed by atoms with Crippen LogP contribution in [-0.4, -0.2) is 44.1 Å². The summed E-state index contributed by atoms with van der Waals surface area (Å²) in [4.78, 5) is 16.7. The molecule has 0 bridgehead atoms. The smallest absolute Gasteiger partial charge is 0.246 e. The van der Waals surface area contributed by atoms with Crippen molar-refractivity contribution in [1.29, 1.82) is 0 Å². The van der Waals surface area contributed by atoms with Crippen molar-refractivity contribution in [3.05, 3.63) is 65.7 Å². The average molecular weight is 364 g/mol. The molecule has 1 aliphatic heterocycles. The number of benzene rings is 2. The summed E-state index contributed by atoms with van der Waals surface area (Å²) >= 11 is 0. The zero-order valence-corrected chi connectivity index (χ0v) is 16.4. The van der Waals surface area contributed by atoms with E-state index in [1.54, 1.807) is 13.2 Å². The second kappa shape index (κ2) is 8.76. The van der Waals surface area contributed by atoms with E-state index in [0.717, 1.165) is 30.1 Å².